The van der Waals surface area contributed by atoms with E-state index in [9.17, 15) is 9.59 Å². The maximum atomic E-state index is 11.0. The summed E-state index contributed by atoms with van der Waals surface area (Å²) in [6.07, 6.45) is 0.492. The molecule has 0 saturated heterocycles. The van der Waals surface area contributed by atoms with Crippen LogP contribution in [0.2, 0.25) is 0 Å². The Labute approximate surface area is 71.5 Å². The average Bonchev–Trinajstić information content (AvgIpc) is 2.00. The summed E-state index contributed by atoms with van der Waals surface area (Å²) in [6, 6.07) is -0.742. The van der Waals surface area contributed by atoms with Gasteiger partial charge in [-0.1, -0.05) is 13.8 Å². The number of hydrogen-bond acceptors (Lipinski definition) is 4. The van der Waals surface area contributed by atoms with Crippen LogP contribution in [0.3, 0.4) is 0 Å². The normalized spacial score (nSPS) is 12.8. The first-order valence-electron chi connectivity index (χ1n) is 3.79. The molecule has 12 heavy (non-hydrogen) atoms. The predicted molar refractivity (Wildman–Crippen MR) is 44.8 cm³/mol. The molecular weight excluding hydrogens is 158 g/mol. The van der Waals surface area contributed by atoms with E-state index in [-0.39, 0.29) is 5.92 Å². The summed E-state index contributed by atoms with van der Waals surface area (Å²) in [7, 11) is 0. The van der Waals surface area contributed by atoms with E-state index in [2.05, 4.69) is 0 Å². The Balaban J connectivity index is 4.01. The molecule has 0 aliphatic carbocycles. The number of rotatable bonds is 4. The van der Waals surface area contributed by atoms with Gasteiger partial charge < -0.3 is 5.73 Å². The molecule has 5 N–H and O–H groups in total. The number of nitrogens with two attached hydrogens (primary N) is 2. The summed E-state index contributed by atoms with van der Waals surface area (Å²) >= 11 is 0. The lowest BCUT2D eigenvalue weighted by molar-refractivity contribution is -0.138. The molecule has 0 aromatic rings. The largest absolute Gasteiger partial charge is 0.321 e. The Kier molecular flexibility index (Phi) is 4.46. The van der Waals surface area contributed by atoms with Gasteiger partial charge in [0.25, 0.3) is 0 Å². The molecule has 0 aliphatic rings. The van der Waals surface area contributed by atoms with Crippen molar-refractivity contribution < 1.29 is 9.59 Å². The zero-order valence-electron chi connectivity index (χ0n) is 7.33. The molecule has 0 fully saturated rings. The molecule has 5 nitrogen and oxygen atoms in total. The molecule has 0 aromatic carbocycles. The molecule has 1 atom stereocenters. The monoisotopic (exact) mass is 173 g/mol. The molecule has 0 unspecified atom stereocenters. The van der Waals surface area contributed by atoms with E-state index in [1.165, 1.54) is 0 Å². The van der Waals surface area contributed by atoms with Gasteiger partial charge >= 0.3 is 5.91 Å². The first-order chi connectivity index (χ1) is 5.49. The maximum Gasteiger partial charge on any atom is 0.302 e. The van der Waals surface area contributed by atoms with Crippen LogP contribution in [0.5, 0.6) is 0 Å². The number of ketones is 1. The van der Waals surface area contributed by atoms with E-state index in [0.717, 1.165) is 0 Å². The standard InChI is InChI=1S/C7H15N3O2/c1-4(2)3-5(8)6(11)7(12)10-9/h4-5H,3,8-9H2,1-2H3,(H,10,12)/t5-/m0/s1. The van der Waals surface area contributed by atoms with E-state index in [0.29, 0.717) is 6.42 Å². The fourth-order valence-corrected chi connectivity index (χ4v) is 0.854. The summed E-state index contributed by atoms with van der Waals surface area (Å²) in [6.45, 7) is 3.85. The second-order valence-electron chi connectivity index (χ2n) is 3.07. The zero-order chi connectivity index (χ0) is 9.72. The highest BCUT2D eigenvalue weighted by Gasteiger charge is 2.21. The first kappa shape index (κ1) is 11.1. The van der Waals surface area contributed by atoms with Crippen molar-refractivity contribution in [2.45, 2.75) is 26.3 Å². The van der Waals surface area contributed by atoms with Crippen LogP contribution in [0.4, 0.5) is 0 Å². The molecule has 0 heterocycles. The minimum atomic E-state index is -0.830. The van der Waals surface area contributed by atoms with Gasteiger partial charge in [-0.05, 0) is 12.3 Å². The Morgan fingerprint density at radius 3 is 2.25 bits per heavy atom. The summed E-state index contributed by atoms with van der Waals surface area (Å²) in [5.74, 6) is 3.56. The Hall–Kier alpha value is -0.940. The number of amides is 1. The van der Waals surface area contributed by atoms with Crippen molar-refractivity contribution in [1.29, 1.82) is 0 Å². The van der Waals surface area contributed by atoms with Crippen molar-refractivity contribution in [1.82, 2.24) is 5.43 Å². The summed E-state index contributed by atoms with van der Waals surface area (Å²) in [5, 5.41) is 0. The van der Waals surface area contributed by atoms with Crippen molar-refractivity contribution in [3.8, 4) is 0 Å². The van der Waals surface area contributed by atoms with Gasteiger partial charge in [0.05, 0.1) is 6.04 Å². The van der Waals surface area contributed by atoms with Crippen LogP contribution in [-0.4, -0.2) is 17.7 Å². The van der Waals surface area contributed by atoms with Gasteiger partial charge in [-0.15, -0.1) is 0 Å². The minimum absolute atomic E-state index is 0.287. The Morgan fingerprint density at radius 1 is 1.42 bits per heavy atom. The third-order valence-electron chi connectivity index (χ3n) is 1.42. The predicted octanol–water partition coefficient (Wildman–Crippen LogP) is -1.08. The highest BCUT2D eigenvalue weighted by atomic mass is 16.2. The Morgan fingerprint density at radius 2 is 1.92 bits per heavy atom. The van der Waals surface area contributed by atoms with Crippen molar-refractivity contribution in [2.75, 3.05) is 0 Å². The van der Waals surface area contributed by atoms with Crippen LogP contribution in [0.15, 0.2) is 0 Å². The average molecular weight is 173 g/mol. The molecule has 0 saturated carbocycles. The third kappa shape index (κ3) is 3.45. The fraction of sp³-hybridized carbons (Fsp3) is 0.714. The Bertz CT molecular complexity index is 179. The maximum absolute atomic E-state index is 11.0. The summed E-state index contributed by atoms with van der Waals surface area (Å²) in [5.41, 5.74) is 7.18. The van der Waals surface area contributed by atoms with E-state index in [1.807, 2.05) is 13.8 Å². The number of nitrogens with one attached hydrogen (secondary N) is 1. The number of hydrogen-bond donors (Lipinski definition) is 3. The third-order valence-corrected chi connectivity index (χ3v) is 1.42. The topological polar surface area (TPSA) is 98.2 Å². The minimum Gasteiger partial charge on any atom is -0.321 e. The van der Waals surface area contributed by atoms with Crippen molar-refractivity contribution in [3.63, 3.8) is 0 Å². The highest BCUT2D eigenvalue weighted by molar-refractivity contribution is 6.37. The second kappa shape index (κ2) is 4.84. The van der Waals surface area contributed by atoms with Gasteiger partial charge in [-0.2, -0.15) is 0 Å². The number of carbonyl (C=O) groups excluding carboxylic acids is 2. The molecule has 0 rings (SSSR count). The second-order valence-corrected chi connectivity index (χ2v) is 3.07. The number of carbonyl (C=O) groups is 2. The molecule has 70 valence electrons. The highest BCUT2D eigenvalue weighted by Crippen LogP contribution is 2.02. The molecule has 0 radical (unpaired) electrons. The fourth-order valence-electron chi connectivity index (χ4n) is 0.854. The van der Waals surface area contributed by atoms with Gasteiger partial charge in [-0.25, -0.2) is 5.84 Å². The smallest absolute Gasteiger partial charge is 0.302 e. The number of hydrazine groups is 1. The van der Waals surface area contributed by atoms with Crippen LogP contribution < -0.4 is 17.0 Å². The summed E-state index contributed by atoms with van der Waals surface area (Å²) in [4.78, 5) is 21.7. The van der Waals surface area contributed by atoms with Crippen molar-refractivity contribution in [3.05, 3.63) is 0 Å². The van der Waals surface area contributed by atoms with Gasteiger partial charge in [0.2, 0.25) is 5.78 Å². The molecule has 5 heteroatoms. The number of Topliss-reactive ketones (excluding diaryl/α,β-unsaturated/α-hetero) is 1. The van der Waals surface area contributed by atoms with Gasteiger partial charge in [0.15, 0.2) is 0 Å². The van der Waals surface area contributed by atoms with Gasteiger partial charge in [0, 0.05) is 0 Å². The van der Waals surface area contributed by atoms with E-state index in [4.69, 9.17) is 11.6 Å². The first-order valence-corrected chi connectivity index (χ1v) is 3.79. The van der Waals surface area contributed by atoms with Gasteiger partial charge in [-0.3, -0.25) is 15.0 Å². The van der Waals surface area contributed by atoms with E-state index >= 15 is 0 Å². The van der Waals surface area contributed by atoms with Crippen LogP contribution in [0.25, 0.3) is 0 Å². The molecule has 0 spiro atoms. The van der Waals surface area contributed by atoms with Crippen LogP contribution >= 0.6 is 0 Å². The molecule has 0 aliphatic heterocycles. The van der Waals surface area contributed by atoms with Crippen LogP contribution in [-0.2, 0) is 9.59 Å². The van der Waals surface area contributed by atoms with Crippen molar-refractivity contribution in [2.24, 2.45) is 17.5 Å². The lowest BCUT2D eigenvalue weighted by atomic mass is 10.0. The van der Waals surface area contributed by atoms with Gasteiger partial charge in [0.1, 0.15) is 0 Å². The zero-order valence-corrected chi connectivity index (χ0v) is 7.33. The SMILES string of the molecule is CC(C)C[C@H](N)C(=O)C(=O)NN. The molecule has 0 aromatic heterocycles. The lowest BCUT2D eigenvalue weighted by Gasteiger charge is -2.10. The molecule has 1 amide bonds. The van der Waals surface area contributed by atoms with Crippen LogP contribution in [0, 0.1) is 5.92 Å². The summed E-state index contributed by atoms with van der Waals surface area (Å²) < 4.78 is 0. The quantitative estimate of drug-likeness (QED) is 0.218. The molecule has 0 bridgehead atoms. The molecular formula is C7H15N3O2. The van der Waals surface area contributed by atoms with Crippen LogP contribution in [0.1, 0.15) is 20.3 Å². The van der Waals surface area contributed by atoms with E-state index in [1.54, 1.807) is 5.43 Å². The van der Waals surface area contributed by atoms with Crippen molar-refractivity contribution >= 4 is 11.7 Å². The van der Waals surface area contributed by atoms with E-state index < -0.39 is 17.7 Å². The lowest BCUT2D eigenvalue weighted by Crippen LogP contribution is -2.45.